The lowest BCUT2D eigenvalue weighted by Crippen LogP contribution is -2.46. The van der Waals surface area contributed by atoms with E-state index in [-0.39, 0.29) is 18.2 Å². The van der Waals surface area contributed by atoms with Crippen molar-refractivity contribution in [3.63, 3.8) is 0 Å². The average Bonchev–Trinajstić information content (AvgIpc) is 2.95. The van der Waals surface area contributed by atoms with Crippen LogP contribution in [0.3, 0.4) is 0 Å². The van der Waals surface area contributed by atoms with Gasteiger partial charge in [0.1, 0.15) is 0 Å². The second-order valence-corrected chi connectivity index (χ2v) is 10.8. The topological polar surface area (TPSA) is 90.2 Å². The third-order valence-corrected chi connectivity index (χ3v) is 8.33. The zero-order valence-electron chi connectivity index (χ0n) is 21.5. The Hall–Kier alpha value is -3.39. The summed E-state index contributed by atoms with van der Waals surface area (Å²) < 4.78 is 0. The van der Waals surface area contributed by atoms with Crippen molar-refractivity contribution in [1.82, 2.24) is 5.32 Å². The number of hydrogen-bond acceptors (Lipinski definition) is 3. The number of hydrogen-bond donors (Lipinski definition) is 2. The molecule has 2 aliphatic rings. The molecule has 0 spiro atoms. The summed E-state index contributed by atoms with van der Waals surface area (Å²) in [5.74, 6) is -0.370. The first-order valence-electron chi connectivity index (χ1n) is 13.8. The molecule has 1 amide bonds. The van der Waals surface area contributed by atoms with Gasteiger partial charge in [0.15, 0.2) is 0 Å². The molecule has 0 aromatic heterocycles. The Morgan fingerprint density at radius 1 is 0.946 bits per heavy atom. The van der Waals surface area contributed by atoms with Crippen molar-refractivity contribution in [1.29, 1.82) is 5.26 Å². The number of amides is 1. The summed E-state index contributed by atoms with van der Waals surface area (Å²) in [5.41, 5.74) is 2.22. The minimum Gasteiger partial charge on any atom is -0.481 e. The maximum Gasteiger partial charge on any atom is 0.309 e. The van der Waals surface area contributed by atoms with E-state index in [9.17, 15) is 20.0 Å². The first-order valence-corrected chi connectivity index (χ1v) is 13.8. The van der Waals surface area contributed by atoms with Gasteiger partial charge in [-0.15, -0.1) is 0 Å². The molecule has 2 aliphatic carbocycles. The van der Waals surface area contributed by atoms with Gasteiger partial charge < -0.3 is 10.4 Å². The minimum absolute atomic E-state index is 0.0400. The van der Waals surface area contributed by atoms with Gasteiger partial charge in [-0.3, -0.25) is 9.59 Å². The molecule has 0 aliphatic heterocycles. The summed E-state index contributed by atoms with van der Waals surface area (Å²) in [5, 5.41) is 22.5. The number of rotatable bonds is 9. The summed E-state index contributed by atoms with van der Waals surface area (Å²) >= 11 is 0. The molecule has 0 heterocycles. The smallest absolute Gasteiger partial charge is 0.309 e. The van der Waals surface area contributed by atoms with Crippen molar-refractivity contribution in [3.8, 4) is 6.07 Å². The highest BCUT2D eigenvalue weighted by Crippen LogP contribution is 2.40. The van der Waals surface area contributed by atoms with Gasteiger partial charge in [0.05, 0.1) is 23.6 Å². The number of carbonyl (C=O) groups is 2. The summed E-state index contributed by atoms with van der Waals surface area (Å²) in [6, 6.07) is 18.2. The number of carboxylic acids is 1. The van der Waals surface area contributed by atoms with Crippen LogP contribution in [0, 0.1) is 35.0 Å². The molecule has 37 heavy (non-hydrogen) atoms. The van der Waals surface area contributed by atoms with E-state index in [4.69, 9.17) is 0 Å². The SMILES string of the molecule is N#Cc1cccc(C[C@@H](C(=O)O)[C@@H](/C=C/c2ccccc2)NC(=O)C2CCC(C3CCCCC3)CC2)c1. The number of nitriles is 1. The van der Waals surface area contributed by atoms with Crippen molar-refractivity contribution >= 4 is 18.0 Å². The highest BCUT2D eigenvalue weighted by molar-refractivity contribution is 5.81. The number of nitrogens with one attached hydrogen (secondary N) is 1. The molecule has 0 saturated heterocycles. The van der Waals surface area contributed by atoms with Crippen molar-refractivity contribution in [2.45, 2.75) is 70.3 Å². The standard InChI is InChI=1S/C32H38N2O3/c33-22-25-11-7-10-24(20-25)21-29(32(36)37)30(19-14-23-8-3-1-4-9-23)34-31(35)28-17-15-27(16-18-28)26-12-5-2-6-13-26/h1,3-4,7-11,14,19-20,26-30H,2,5-6,12-13,15-18,21H2,(H,34,35)(H,36,37)/b19-14+/t27?,28?,29-,30-/m1/s1. The Labute approximate surface area is 220 Å². The van der Waals surface area contributed by atoms with Crippen molar-refractivity contribution < 1.29 is 14.7 Å². The quantitative estimate of drug-likeness (QED) is 0.419. The van der Waals surface area contributed by atoms with E-state index >= 15 is 0 Å². The molecule has 2 aromatic carbocycles. The van der Waals surface area contributed by atoms with Crippen LogP contribution in [0.5, 0.6) is 0 Å². The molecule has 0 unspecified atom stereocenters. The highest BCUT2D eigenvalue weighted by Gasteiger charge is 2.34. The fraction of sp³-hybridized carbons (Fsp3) is 0.469. The molecule has 2 N–H and O–H groups in total. The van der Waals surface area contributed by atoms with E-state index in [1.807, 2.05) is 48.6 Å². The maximum atomic E-state index is 13.4. The largest absolute Gasteiger partial charge is 0.481 e. The number of carbonyl (C=O) groups excluding carboxylic acids is 1. The highest BCUT2D eigenvalue weighted by atomic mass is 16.4. The summed E-state index contributed by atoms with van der Waals surface area (Å²) in [7, 11) is 0. The van der Waals surface area contributed by atoms with E-state index in [1.165, 1.54) is 32.1 Å². The van der Waals surface area contributed by atoms with Crippen LogP contribution in [0.2, 0.25) is 0 Å². The van der Waals surface area contributed by atoms with Crippen LogP contribution in [-0.2, 0) is 16.0 Å². The third kappa shape index (κ3) is 7.55. The second kappa shape index (κ2) is 13.2. The van der Waals surface area contributed by atoms with Crippen LogP contribution in [0.1, 0.15) is 74.5 Å². The molecule has 2 saturated carbocycles. The molecule has 5 heteroatoms. The normalized spacial score (nSPS) is 22.1. The van der Waals surface area contributed by atoms with Gasteiger partial charge in [-0.25, -0.2) is 0 Å². The molecular formula is C32H38N2O3. The lowest BCUT2D eigenvalue weighted by molar-refractivity contribution is -0.142. The van der Waals surface area contributed by atoms with Gasteiger partial charge in [0.25, 0.3) is 0 Å². The molecule has 2 aromatic rings. The van der Waals surface area contributed by atoms with Crippen LogP contribution in [0.25, 0.3) is 6.08 Å². The zero-order valence-corrected chi connectivity index (χ0v) is 21.5. The van der Waals surface area contributed by atoms with Gasteiger partial charge in [-0.2, -0.15) is 5.26 Å². The van der Waals surface area contributed by atoms with Gasteiger partial charge in [-0.1, -0.05) is 86.7 Å². The first kappa shape index (κ1) is 26.7. The lowest BCUT2D eigenvalue weighted by Gasteiger charge is -2.36. The second-order valence-electron chi connectivity index (χ2n) is 10.8. The first-order chi connectivity index (χ1) is 18.0. The Balaban J connectivity index is 1.47. The molecule has 0 radical (unpaired) electrons. The van der Waals surface area contributed by atoms with Crippen molar-refractivity contribution in [2.24, 2.45) is 23.7 Å². The van der Waals surface area contributed by atoms with Crippen LogP contribution in [0.15, 0.2) is 60.7 Å². The molecule has 4 rings (SSSR count). The van der Waals surface area contributed by atoms with E-state index in [0.29, 0.717) is 5.56 Å². The summed E-state index contributed by atoms with van der Waals surface area (Å²) in [6.07, 6.45) is 14.6. The van der Waals surface area contributed by atoms with E-state index in [1.54, 1.807) is 18.2 Å². The van der Waals surface area contributed by atoms with Gasteiger partial charge in [0.2, 0.25) is 5.91 Å². The average molecular weight is 499 g/mol. The lowest BCUT2D eigenvalue weighted by atomic mass is 9.71. The number of benzene rings is 2. The zero-order chi connectivity index (χ0) is 26.0. The number of aliphatic carboxylic acids is 1. The van der Waals surface area contributed by atoms with Crippen LogP contribution in [0.4, 0.5) is 0 Å². The Morgan fingerprint density at radius 3 is 2.32 bits per heavy atom. The summed E-state index contributed by atoms with van der Waals surface area (Å²) in [6.45, 7) is 0. The fourth-order valence-corrected chi connectivity index (χ4v) is 6.19. The monoisotopic (exact) mass is 498 g/mol. The predicted octanol–water partition coefficient (Wildman–Crippen LogP) is 6.39. The maximum absolute atomic E-state index is 13.4. The Morgan fingerprint density at radius 2 is 1.65 bits per heavy atom. The molecule has 2 fully saturated rings. The van der Waals surface area contributed by atoms with Crippen LogP contribution in [-0.4, -0.2) is 23.0 Å². The molecule has 194 valence electrons. The van der Waals surface area contributed by atoms with E-state index in [0.717, 1.165) is 48.6 Å². The minimum atomic E-state index is -0.966. The van der Waals surface area contributed by atoms with Gasteiger partial charge in [-0.05, 0) is 67.2 Å². The molecular weight excluding hydrogens is 460 g/mol. The summed E-state index contributed by atoms with van der Waals surface area (Å²) in [4.78, 5) is 25.8. The number of carboxylic acid groups (broad SMARTS) is 1. The van der Waals surface area contributed by atoms with E-state index < -0.39 is 17.9 Å². The third-order valence-electron chi connectivity index (χ3n) is 8.33. The van der Waals surface area contributed by atoms with Gasteiger partial charge in [0, 0.05) is 5.92 Å². The van der Waals surface area contributed by atoms with E-state index in [2.05, 4.69) is 11.4 Å². The molecule has 2 atom stereocenters. The van der Waals surface area contributed by atoms with Crippen molar-refractivity contribution in [2.75, 3.05) is 0 Å². The fourth-order valence-electron chi connectivity index (χ4n) is 6.19. The predicted molar refractivity (Wildman–Crippen MR) is 145 cm³/mol. The Kier molecular flexibility index (Phi) is 9.54. The van der Waals surface area contributed by atoms with Gasteiger partial charge >= 0.3 is 5.97 Å². The molecule has 5 nitrogen and oxygen atoms in total. The van der Waals surface area contributed by atoms with Crippen LogP contribution >= 0.6 is 0 Å². The van der Waals surface area contributed by atoms with Crippen LogP contribution < -0.4 is 5.32 Å². The number of nitrogens with zero attached hydrogens (tertiary/aromatic N) is 1. The molecule has 0 bridgehead atoms. The van der Waals surface area contributed by atoms with Crippen molar-refractivity contribution in [3.05, 3.63) is 77.4 Å². The Bertz CT molecular complexity index is 1110.